The second-order valence-corrected chi connectivity index (χ2v) is 5.84. The van der Waals surface area contributed by atoms with Crippen molar-refractivity contribution in [1.29, 1.82) is 0 Å². The van der Waals surface area contributed by atoms with E-state index in [0.29, 0.717) is 16.3 Å². The van der Waals surface area contributed by atoms with Gasteiger partial charge in [-0.15, -0.1) is 0 Å². The number of hydrogen-bond acceptors (Lipinski definition) is 4. The zero-order chi connectivity index (χ0) is 17.7. The first-order chi connectivity index (χ1) is 11.4. The van der Waals surface area contributed by atoms with Crippen LogP contribution in [0.1, 0.15) is 22.3 Å². The van der Waals surface area contributed by atoms with Gasteiger partial charge in [0.1, 0.15) is 5.75 Å². The molecule has 0 saturated heterocycles. The van der Waals surface area contributed by atoms with Crippen LogP contribution in [-0.2, 0) is 9.63 Å². The number of ether oxygens (including phenoxy) is 1. The molecule has 0 heterocycles. The van der Waals surface area contributed by atoms with Gasteiger partial charge in [-0.25, -0.2) is 4.79 Å². The molecule has 0 fully saturated rings. The molecule has 2 rings (SSSR count). The molecule has 2 aromatic rings. The van der Waals surface area contributed by atoms with Crippen molar-refractivity contribution in [3.8, 4) is 5.75 Å². The van der Waals surface area contributed by atoms with E-state index in [9.17, 15) is 4.79 Å². The first kappa shape index (κ1) is 17.8. The number of carbonyl (C=O) groups is 1. The Morgan fingerprint density at radius 2 is 1.71 bits per heavy atom. The van der Waals surface area contributed by atoms with E-state index in [2.05, 4.69) is 5.16 Å². The number of nitrogens with two attached hydrogens (primary N) is 1. The molecule has 6 heteroatoms. The summed E-state index contributed by atoms with van der Waals surface area (Å²) in [5.74, 6) is 0.0266. The van der Waals surface area contributed by atoms with Gasteiger partial charge in [0.2, 0.25) is 0 Å². The molecule has 2 aromatic carbocycles. The maximum absolute atomic E-state index is 11.7. The van der Waals surface area contributed by atoms with E-state index in [1.165, 1.54) is 0 Å². The van der Waals surface area contributed by atoms with Crippen molar-refractivity contribution < 1.29 is 14.4 Å². The molecular weight excluding hydrogens is 328 g/mol. The maximum Gasteiger partial charge on any atom is 0.372 e. The van der Waals surface area contributed by atoms with E-state index in [0.717, 1.165) is 16.7 Å². The lowest BCUT2D eigenvalue weighted by atomic mass is 10.1. The van der Waals surface area contributed by atoms with E-state index < -0.39 is 5.97 Å². The topological polar surface area (TPSA) is 73.9 Å². The highest BCUT2D eigenvalue weighted by Gasteiger charge is 2.08. The number of hydrogen-bond donors (Lipinski definition) is 1. The molecule has 0 aromatic heterocycles. The quantitative estimate of drug-likeness (QED) is 0.389. The van der Waals surface area contributed by atoms with Crippen molar-refractivity contribution in [2.24, 2.45) is 10.9 Å². The van der Waals surface area contributed by atoms with Gasteiger partial charge >= 0.3 is 5.97 Å². The number of rotatable bonds is 5. The smallest absolute Gasteiger partial charge is 0.372 e. The summed E-state index contributed by atoms with van der Waals surface area (Å²) in [7, 11) is 0. The van der Waals surface area contributed by atoms with Crippen LogP contribution in [0.3, 0.4) is 0 Å². The van der Waals surface area contributed by atoms with Crippen LogP contribution < -0.4 is 10.5 Å². The minimum atomic E-state index is -0.643. The SMILES string of the molecule is Cc1ccc(/C(N)=N/OC(=O)COc2cc(C)c(Cl)c(C)c2)cc1. The Bertz CT molecular complexity index is 747. The molecule has 5 nitrogen and oxygen atoms in total. The highest BCUT2D eigenvalue weighted by molar-refractivity contribution is 6.32. The van der Waals surface area contributed by atoms with Crippen LogP contribution in [-0.4, -0.2) is 18.4 Å². The summed E-state index contributed by atoms with van der Waals surface area (Å²) in [4.78, 5) is 16.5. The van der Waals surface area contributed by atoms with Crippen molar-refractivity contribution >= 4 is 23.4 Å². The van der Waals surface area contributed by atoms with Crippen LogP contribution in [0.25, 0.3) is 0 Å². The van der Waals surface area contributed by atoms with Gasteiger partial charge in [-0.1, -0.05) is 46.6 Å². The lowest BCUT2D eigenvalue weighted by molar-refractivity contribution is -0.146. The number of halogens is 1. The summed E-state index contributed by atoms with van der Waals surface area (Å²) in [6, 6.07) is 10.9. The minimum absolute atomic E-state index is 0.126. The Morgan fingerprint density at radius 1 is 1.12 bits per heavy atom. The fraction of sp³-hybridized carbons (Fsp3) is 0.222. The molecule has 126 valence electrons. The van der Waals surface area contributed by atoms with Gasteiger partial charge in [-0.2, -0.15) is 0 Å². The summed E-state index contributed by atoms with van der Waals surface area (Å²) in [5, 5.41) is 4.31. The third-order valence-electron chi connectivity index (χ3n) is 3.36. The summed E-state index contributed by atoms with van der Waals surface area (Å²) >= 11 is 6.09. The molecule has 0 amide bonds. The van der Waals surface area contributed by atoms with E-state index >= 15 is 0 Å². The van der Waals surface area contributed by atoms with E-state index in [-0.39, 0.29) is 12.4 Å². The number of amidine groups is 1. The van der Waals surface area contributed by atoms with Crippen LogP contribution in [0.5, 0.6) is 5.75 Å². The Labute approximate surface area is 146 Å². The molecule has 0 unspecified atom stereocenters. The van der Waals surface area contributed by atoms with Gasteiger partial charge in [0.05, 0.1) is 0 Å². The van der Waals surface area contributed by atoms with E-state index in [1.807, 2.05) is 32.9 Å². The second-order valence-electron chi connectivity index (χ2n) is 5.47. The predicted molar refractivity (Wildman–Crippen MR) is 94.4 cm³/mol. The lowest BCUT2D eigenvalue weighted by Gasteiger charge is -2.08. The van der Waals surface area contributed by atoms with Crippen LogP contribution in [0.15, 0.2) is 41.6 Å². The summed E-state index contributed by atoms with van der Waals surface area (Å²) in [5.41, 5.74) is 9.31. The molecule has 0 aliphatic heterocycles. The number of aryl methyl sites for hydroxylation is 3. The van der Waals surface area contributed by atoms with Crippen LogP contribution in [0, 0.1) is 20.8 Å². The largest absolute Gasteiger partial charge is 0.482 e. The molecular formula is C18H19ClN2O3. The molecule has 24 heavy (non-hydrogen) atoms. The second kappa shape index (κ2) is 7.84. The number of nitrogens with zero attached hydrogens (tertiary/aromatic N) is 1. The fourth-order valence-electron chi connectivity index (χ4n) is 2.04. The minimum Gasteiger partial charge on any atom is -0.482 e. The third-order valence-corrected chi connectivity index (χ3v) is 3.96. The maximum atomic E-state index is 11.7. The van der Waals surface area contributed by atoms with Crippen molar-refractivity contribution in [3.63, 3.8) is 0 Å². The molecule has 0 aliphatic rings. The highest BCUT2D eigenvalue weighted by Crippen LogP contribution is 2.25. The number of carbonyl (C=O) groups excluding carboxylic acids is 1. The molecule has 0 atom stereocenters. The average Bonchev–Trinajstić information content (AvgIpc) is 2.56. The van der Waals surface area contributed by atoms with Crippen LogP contribution in [0.4, 0.5) is 0 Å². The van der Waals surface area contributed by atoms with Gasteiger partial charge in [-0.05, 0) is 44.0 Å². The van der Waals surface area contributed by atoms with Gasteiger partial charge in [0, 0.05) is 10.6 Å². The van der Waals surface area contributed by atoms with E-state index in [4.69, 9.17) is 26.9 Å². The van der Waals surface area contributed by atoms with Crippen molar-refractivity contribution in [1.82, 2.24) is 0 Å². The molecule has 0 spiro atoms. The molecule has 2 N–H and O–H groups in total. The first-order valence-electron chi connectivity index (χ1n) is 7.36. The average molecular weight is 347 g/mol. The number of benzene rings is 2. The van der Waals surface area contributed by atoms with E-state index in [1.54, 1.807) is 24.3 Å². The zero-order valence-electron chi connectivity index (χ0n) is 13.8. The predicted octanol–water partition coefficient (Wildman–Crippen LogP) is 3.51. The molecule has 0 bridgehead atoms. The Kier molecular flexibility index (Phi) is 5.82. The van der Waals surface area contributed by atoms with Crippen LogP contribution in [0.2, 0.25) is 5.02 Å². The van der Waals surface area contributed by atoms with Gasteiger partial charge in [0.25, 0.3) is 0 Å². The fourth-order valence-corrected chi connectivity index (χ4v) is 2.14. The summed E-state index contributed by atoms with van der Waals surface area (Å²) in [6.45, 7) is 5.43. The Balaban J connectivity index is 1.91. The zero-order valence-corrected chi connectivity index (χ0v) is 14.6. The van der Waals surface area contributed by atoms with Crippen molar-refractivity contribution in [2.45, 2.75) is 20.8 Å². The highest BCUT2D eigenvalue weighted by atomic mass is 35.5. The Hall–Kier alpha value is -2.53. The van der Waals surface area contributed by atoms with Crippen molar-refractivity contribution in [3.05, 3.63) is 63.7 Å². The Morgan fingerprint density at radius 3 is 2.29 bits per heavy atom. The molecule has 0 saturated carbocycles. The van der Waals surface area contributed by atoms with Crippen LogP contribution >= 0.6 is 11.6 Å². The first-order valence-corrected chi connectivity index (χ1v) is 7.74. The third kappa shape index (κ3) is 4.73. The summed E-state index contributed by atoms with van der Waals surface area (Å²) in [6.07, 6.45) is 0. The van der Waals surface area contributed by atoms with Gasteiger partial charge < -0.3 is 15.3 Å². The van der Waals surface area contributed by atoms with Gasteiger partial charge in [0.15, 0.2) is 12.4 Å². The number of oxime groups is 1. The molecule has 0 radical (unpaired) electrons. The van der Waals surface area contributed by atoms with Crippen molar-refractivity contribution in [2.75, 3.05) is 6.61 Å². The normalized spacial score (nSPS) is 11.2. The monoisotopic (exact) mass is 346 g/mol. The summed E-state index contributed by atoms with van der Waals surface area (Å²) < 4.78 is 5.39. The van der Waals surface area contributed by atoms with Gasteiger partial charge in [-0.3, -0.25) is 0 Å². The molecule has 0 aliphatic carbocycles. The lowest BCUT2D eigenvalue weighted by Crippen LogP contribution is -2.18. The standard InChI is InChI=1S/C18H19ClN2O3/c1-11-4-6-14(7-5-11)18(20)21-24-16(22)10-23-15-8-12(2)17(19)13(3)9-15/h4-9H,10H2,1-3H3,(H2,20,21).